The Labute approximate surface area is 258 Å². The first-order valence-corrected chi connectivity index (χ1v) is 13.9. The van der Waals surface area contributed by atoms with Crippen LogP contribution in [-0.4, -0.2) is 5.71 Å². The average molecular weight is 621 g/mol. The lowest BCUT2D eigenvalue weighted by Gasteiger charge is -2.14. The molecule has 0 fully saturated rings. The number of hydrogen-bond acceptors (Lipinski definition) is 4. The van der Waals surface area contributed by atoms with E-state index in [1.165, 1.54) is 24.3 Å². The molecule has 5 aromatic rings. The SMILES string of the molecule is N#C/N=C1\c2cc(-c3ccc(C(F)(F)F)cc3)ccc2-c2cc3c(cc21)-c1ccc(-c2ccc(C(F)(F)F)cc2)cc1C3NC#N. The van der Waals surface area contributed by atoms with Gasteiger partial charge in [-0.15, -0.1) is 0 Å². The largest absolute Gasteiger partial charge is 0.416 e. The minimum absolute atomic E-state index is 0.420. The summed E-state index contributed by atoms with van der Waals surface area (Å²) in [5.41, 5.74) is 7.53. The molecule has 0 aromatic heterocycles. The maximum Gasteiger partial charge on any atom is 0.416 e. The van der Waals surface area contributed by atoms with Gasteiger partial charge in [0.25, 0.3) is 0 Å². The Bertz CT molecular complexity index is 2160. The van der Waals surface area contributed by atoms with E-state index in [0.717, 1.165) is 57.6 Å². The fourth-order valence-corrected chi connectivity index (χ4v) is 6.29. The maximum atomic E-state index is 13.1. The second kappa shape index (κ2) is 10.4. The molecule has 224 valence electrons. The number of nitriles is 2. The number of benzene rings is 5. The second-order valence-electron chi connectivity index (χ2n) is 10.9. The van der Waals surface area contributed by atoms with Gasteiger partial charge >= 0.3 is 12.4 Å². The van der Waals surface area contributed by atoms with Crippen molar-refractivity contribution in [2.45, 2.75) is 18.4 Å². The normalized spacial score (nSPS) is 15.4. The topological polar surface area (TPSA) is 72.0 Å². The van der Waals surface area contributed by atoms with Crippen LogP contribution >= 0.6 is 0 Å². The van der Waals surface area contributed by atoms with E-state index in [0.29, 0.717) is 39.1 Å². The number of aliphatic imine (C=N–C) groups is 1. The van der Waals surface area contributed by atoms with Crippen molar-refractivity contribution < 1.29 is 26.3 Å². The summed E-state index contributed by atoms with van der Waals surface area (Å²) in [5, 5.41) is 22.1. The molecule has 2 aliphatic rings. The van der Waals surface area contributed by atoms with Gasteiger partial charge in [-0.3, -0.25) is 0 Å². The molecule has 0 spiro atoms. The summed E-state index contributed by atoms with van der Waals surface area (Å²) in [7, 11) is 0. The van der Waals surface area contributed by atoms with Crippen LogP contribution in [0, 0.1) is 22.9 Å². The smallest absolute Gasteiger partial charge is 0.312 e. The minimum Gasteiger partial charge on any atom is -0.312 e. The Morgan fingerprint density at radius 2 is 1.02 bits per heavy atom. The van der Waals surface area contributed by atoms with Gasteiger partial charge in [-0.25, -0.2) is 0 Å². The van der Waals surface area contributed by atoms with E-state index in [1.807, 2.05) is 48.8 Å². The lowest BCUT2D eigenvalue weighted by Crippen LogP contribution is -2.14. The number of fused-ring (bicyclic) bond motifs is 6. The molecule has 0 radical (unpaired) electrons. The first-order valence-electron chi connectivity index (χ1n) is 13.9. The van der Waals surface area contributed by atoms with Crippen molar-refractivity contribution in [2.75, 3.05) is 0 Å². The maximum absolute atomic E-state index is 13.1. The van der Waals surface area contributed by atoms with Gasteiger partial charge in [0.05, 0.1) is 22.9 Å². The Balaban J connectivity index is 1.30. The highest BCUT2D eigenvalue weighted by atomic mass is 19.4. The van der Waals surface area contributed by atoms with Gasteiger partial charge in [-0.2, -0.15) is 41.9 Å². The lowest BCUT2D eigenvalue weighted by molar-refractivity contribution is -0.138. The van der Waals surface area contributed by atoms with Crippen LogP contribution in [0.15, 0.2) is 102 Å². The highest BCUT2D eigenvalue weighted by Gasteiger charge is 2.35. The molecule has 10 heteroatoms. The van der Waals surface area contributed by atoms with Crippen LogP contribution in [0.1, 0.15) is 39.4 Å². The van der Waals surface area contributed by atoms with Crippen molar-refractivity contribution in [1.82, 2.24) is 5.32 Å². The summed E-state index contributed by atoms with van der Waals surface area (Å²) >= 11 is 0. The summed E-state index contributed by atoms with van der Waals surface area (Å²) in [6.45, 7) is 0. The molecule has 5 aromatic carbocycles. The van der Waals surface area contributed by atoms with Crippen molar-refractivity contribution in [3.05, 3.63) is 130 Å². The molecule has 7 rings (SSSR count). The van der Waals surface area contributed by atoms with E-state index in [-0.39, 0.29) is 0 Å². The molecule has 1 N–H and O–H groups in total. The van der Waals surface area contributed by atoms with Crippen LogP contribution in [0.4, 0.5) is 26.3 Å². The Kier molecular flexibility index (Phi) is 6.50. The molecule has 1 atom stereocenters. The lowest BCUT2D eigenvalue weighted by atomic mass is 9.96. The van der Waals surface area contributed by atoms with Gasteiger partial charge < -0.3 is 5.32 Å². The Hall–Kier alpha value is -5.87. The first kappa shape index (κ1) is 28.9. The van der Waals surface area contributed by atoms with Crippen molar-refractivity contribution >= 4 is 5.71 Å². The molecule has 0 heterocycles. The predicted octanol–water partition coefficient (Wildman–Crippen LogP) is 9.50. The third-order valence-corrected chi connectivity index (χ3v) is 8.44. The fraction of sp³-hybridized carbons (Fsp3) is 0.0833. The third-order valence-electron chi connectivity index (χ3n) is 8.44. The van der Waals surface area contributed by atoms with Crippen molar-refractivity contribution in [3.8, 4) is 56.9 Å². The number of alkyl halides is 6. The van der Waals surface area contributed by atoms with Gasteiger partial charge in [0.2, 0.25) is 6.19 Å². The zero-order valence-electron chi connectivity index (χ0n) is 23.4. The van der Waals surface area contributed by atoms with Crippen molar-refractivity contribution in [3.63, 3.8) is 0 Å². The molecule has 0 bridgehead atoms. The summed E-state index contributed by atoms with van der Waals surface area (Å²) in [6.07, 6.45) is -5.02. The fourth-order valence-electron chi connectivity index (χ4n) is 6.29. The minimum atomic E-state index is -4.45. The molecular formula is C36H18F6N4. The van der Waals surface area contributed by atoms with Gasteiger partial charge in [0.15, 0.2) is 6.19 Å². The van der Waals surface area contributed by atoms with E-state index < -0.39 is 29.5 Å². The number of hydrogen-bond donors (Lipinski definition) is 1. The van der Waals surface area contributed by atoms with Crippen molar-refractivity contribution in [1.29, 1.82) is 10.5 Å². The van der Waals surface area contributed by atoms with Crippen LogP contribution in [0.3, 0.4) is 0 Å². The van der Waals surface area contributed by atoms with Gasteiger partial charge in [0.1, 0.15) is 0 Å². The summed E-state index contributed by atoms with van der Waals surface area (Å²) < 4.78 is 78.6. The number of nitrogens with zero attached hydrogens (tertiary/aromatic N) is 3. The van der Waals surface area contributed by atoms with E-state index in [9.17, 15) is 36.9 Å². The monoisotopic (exact) mass is 620 g/mol. The van der Waals surface area contributed by atoms with E-state index in [1.54, 1.807) is 12.1 Å². The molecule has 0 saturated carbocycles. The van der Waals surface area contributed by atoms with Crippen LogP contribution in [0.5, 0.6) is 0 Å². The van der Waals surface area contributed by atoms with Crippen molar-refractivity contribution in [2.24, 2.45) is 4.99 Å². The Morgan fingerprint density at radius 1 is 0.522 bits per heavy atom. The van der Waals surface area contributed by atoms with Crippen LogP contribution in [0.25, 0.3) is 44.5 Å². The standard InChI is InChI=1S/C36H18F6N4/c37-35(38,39)23-7-1-19(2-8-23)21-5-11-25-27-15-32-28(16-31(27)33(45-17-43)29(25)13-21)26-12-6-22(14-30(26)34(32)46-18-44)20-3-9-24(10-4-20)36(40,41)42/h1-16,33,45H/b46-34+. The second-order valence-corrected chi connectivity index (χ2v) is 10.9. The van der Waals surface area contributed by atoms with Crippen LogP contribution < -0.4 is 5.32 Å². The summed E-state index contributed by atoms with van der Waals surface area (Å²) in [4.78, 5) is 4.13. The average Bonchev–Trinajstić information content (AvgIpc) is 3.50. The molecule has 4 nitrogen and oxygen atoms in total. The number of halogens is 6. The van der Waals surface area contributed by atoms with E-state index in [4.69, 9.17) is 0 Å². The zero-order chi connectivity index (χ0) is 32.4. The molecule has 0 aliphatic heterocycles. The third kappa shape index (κ3) is 4.67. The number of rotatable bonds is 3. The number of nitrogens with one attached hydrogen (secondary N) is 1. The molecule has 2 aliphatic carbocycles. The summed E-state index contributed by atoms with van der Waals surface area (Å²) in [5.74, 6) is 0. The van der Waals surface area contributed by atoms with Gasteiger partial charge in [-0.1, -0.05) is 48.5 Å². The highest BCUT2D eigenvalue weighted by Crippen LogP contribution is 2.50. The van der Waals surface area contributed by atoms with Crippen LogP contribution in [0.2, 0.25) is 0 Å². The molecular weight excluding hydrogens is 602 g/mol. The quantitative estimate of drug-likeness (QED) is 0.122. The first-order chi connectivity index (χ1) is 22.0. The van der Waals surface area contributed by atoms with Gasteiger partial charge in [-0.05, 0) is 104 Å². The zero-order valence-corrected chi connectivity index (χ0v) is 23.4. The van der Waals surface area contributed by atoms with E-state index >= 15 is 0 Å². The molecule has 46 heavy (non-hydrogen) atoms. The van der Waals surface area contributed by atoms with Gasteiger partial charge in [0, 0.05) is 11.1 Å². The molecule has 0 saturated heterocycles. The molecule has 0 amide bonds. The van der Waals surface area contributed by atoms with Crippen LogP contribution in [-0.2, 0) is 12.4 Å². The Morgan fingerprint density at radius 3 is 1.57 bits per heavy atom. The summed E-state index contributed by atoms with van der Waals surface area (Å²) in [6, 6.07) is 24.0. The molecule has 1 unspecified atom stereocenters. The highest BCUT2D eigenvalue weighted by molar-refractivity contribution is 6.26. The predicted molar refractivity (Wildman–Crippen MR) is 160 cm³/mol. The van der Waals surface area contributed by atoms with E-state index in [2.05, 4.69) is 10.3 Å².